The van der Waals surface area contributed by atoms with E-state index in [1.54, 1.807) is 20.8 Å². The predicted molar refractivity (Wildman–Crippen MR) is 144 cm³/mol. The molecule has 0 saturated carbocycles. The van der Waals surface area contributed by atoms with E-state index in [9.17, 15) is 9.59 Å². The second-order valence-corrected chi connectivity index (χ2v) is 13.3. The van der Waals surface area contributed by atoms with Crippen LogP contribution in [-0.4, -0.2) is 38.6 Å². The van der Waals surface area contributed by atoms with Gasteiger partial charge in [-0.2, -0.15) is 0 Å². The van der Waals surface area contributed by atoms with E-state index in [2.05, 4.69) is 36.1 Å². The first kappa shape index (κ1) is 27.2. The molecule has 0 aliphatic carbocycles. The summed E-state index contributed by atoms with van der Waals surface area (Å²) in [5.74, 6) is -0.425. The molecule has 0 radical (unpaired) electrons. The van der Waals surface area contributed by atoms with Gasteiger partial charge in [0.15, 0.2) is 0 Å². The molecule has 7 heteroatoms. The predicted octanol–water partition coefficient (Wildman–Crippen LogP) is 4.42. The first-order chi connectivity index (χ1) is 17.2. The smallest absolute Gasteiger partial charge is 0.407 e. The second kappa shape index (κ2) is 12.5. The molecule has 1 N–H and O–H groups in total. The fourth-order valence-electron chi connectivity index (χ4n) is 3.74. The highest BCUT2D eigenvalue weighted by atomic mass is 28.4. The molecule has 3 rings (SSSR count). The molecule has 190 valence electrons. The number of carbonyl (C=O) groups excluding carboxylic acids is 2. The maximum atomic E-state index is 12.7. The van der Waals surface area contributed by atoms with Crippen molar-refractivity contribution in [3.63, 3.8) is 0 Å². The van der Waals surface area contributed by atoms with E-state index in [4.69, 9.17) is 13.9 Å². The van der Waals surface area contributed by atoms with Gasteiger partial charge in [0.2, 0.25) is 0 Å². The summed E-state index contributed by atoms with van der Waals surface area (Å²) in [5.41, 5.74) is 0.229. The number of ether oxygens (including phenoxy) is 2. The van der Waals surface area contributed by atoms with E-state index in [1.807, 2.05) is 66.7 Å². The number of hydrogen-bond donors (Lipinski definition) is 1. The lowest BCUT2D eigenvalue weighted by molar-refractivity contribution is -0.145. The quantitative estimate of drug-likeness (QED) is 0.326. The average molecular weight is 506 g/mol. The lowest BCUT2D eigenvalue weighted by Crippen LogP contribution is -2.60. The van der Waals surface area contributed by atoms with Gasteiger partial charge in [-0.15, -0.1) is 0 Å². The summed E-state index contributed by atoms with van der Waals surface area (Å²) >= 11 is 0. The van der Waals surface area contributed by atoms with Crippen LogP contribution in [0.15, 0.2) is 91.0 Å². The standard InChI is InChI=1S/C29H35NO5Si/c1-29(2,3)35-28(32)30-24(20-27(31)33-21-23-14-8-5-9-15-23)22-34-36(4,25-16-10-6-11-17-25)26-18-12-7-13-19-26/h5-19,24H,20-22H2,1-4H3,(H,30,32)/t24-/m0/s1. The van der Waals surface area contributed by atoms with Crippen LogP contribution in [0.2, 0.25) is 6.55 Å². The normalized spacial score (nSPS) is 12.4. The van der Waals surface area contributed by atoms with Crippen LogP contribution in [0.5, 0.6) is 0 Å². The Morgan fingerprint density at radius 2 is 1.33 bits per heavy atom. The van der Waals surface area contributed by atoms with Crippen molar-refractivity contribution >= 4 is 30.8 Å². The third-order valence-electron chi connectivity index (χ3n) is 5.60. The Labute approximate surface area is 214 Å². The van der Waals surface area contributed by atoms with Crippen molar-refractivity contribution in [3.8, 4) is 0 Å². The largest absolute Gasteiger partial charge is 0.461 e. The van der Waals surface area contributed by atoms with E-state index >= 15 is 0 Å². The molecule has 0 aliphatic heterocycles. The minimum absolute atomic E-state index is 0.0415. The van der Waals surface area contributed by atoms with Crippen LogP contribution in [0.4, 0.5) is 4.79 Å². The summed E-state index contributed by atoms with van der Waals surface area (Å²) in [7, 11) is -2.63. The molecular formula is C29H35NO5Si. The van der Waals surface area contributed by atoms with Crippen LogP contribution in [-0.2, 0) is 25.3 Å². The molecular weight excluding hydrogens is 470 g/mol. The van der Waals surface area contributed by atoms with E-state index in [0.29, 0.717) is 0 Å². The maximum absolute atomic E-state index is 12.7. The molecule has 0 heterocycles. The van der Waals surface area contributed by atoms with Crippen molar-refractivity contribution in [2.24, 2.45) is 0 Å². The van der Waals surface area contributed by atoms with Crippen LogP contribution in [0, 0.1) is 0 Å². The number of esters is 1. The number of nitrogens with one attached hydrogen (secondary N) is 1. The molecule has 0 unspecified atom stereocenters. The molecule has 0 fully saturated rings. The Bertz CT molecular complexity index is 1060. The van der Waals surface area contributed by atoms with Gasteiger partial charge in [-0.3, -0.25) is 4.79 Å². The molecule has 6 nitrogen and oxygen atoms in total. The van der Waals surface area contributed by atoms with Gasteiger partial charge in [0.25, 0.3) is 8.32 Å². The zero-order valence-corrected chi connectivity index (χ0v) is 22.4. The van der Waals surface area contributed by atoms with Crippen LogP contribution in [0.1, 0.15) is 32.8 Å². The number of rotatable bonds is 10. The van der Waals surface area contributed by atoms with E-state index in [-0.39, 0.29) is 19.6 Å². The van der Waals surface area contributed by atoms with Gasteiger partial charge in [0.05, 0.1) is 19.1 Å². The Morgan fingerprint density at radius 3 is 1.83 bits per heavy atom. The Kier molecular flexibility index (Phi) is 9.44. The van der Waals surface area contributed by atoms with Crippen LogP contribution >= 0.6 is 0 Å². The van der Waals surface area contributed by atoms with Crippen molar-refractivity contribution in [1.82, 2.24) is 5.32 Å². The van der Waals surface area contributed by atoms with Gasteiger partial charge in [-0.1, -0.05) is 91.0 Å². The summed E-state index contributed by atoms with van der Waals surface area (Å²) in [4.78, 5) is 25.3. The van der Waals surface area contributed by atoms with E-state index < -0.39 is 32.0 Å². The molecule has 0 aromatic heterocycles. The fourth-order valence-corrected chi connectivity index (χ4v) is 6.60. The molecule has 0 bridgehead atoms. The summed E-state index contributed by atoms with van der Waals surface area (Å²) in [5, 5.41) is 5.01. The molecule has 3 aromatic rings. The molecule has 36 heavy (non-hydrogen) atoms. The zero-order chi connectivity index (χ0) is 26.0. The summed E-state index contributed by atoms with van der Waals surface area (Å²) in [6.45, 7) is 7.80. The van der Waals surface area contributed by atoms with Gasteiger partial charge in [-0.25, -0.2) is 4.79 Å². The van der Waals surface area contributed by atoms with E-state index in [0.717, 1.165) is 15.9 Å². The molecule has 3 aromatic carbocycles. The topological polar surface area (TPSA) is 73.9 Å². The lowest BCUT2D eigenvalue weighted by Gasteiger charge is -2.31. The van der Waals surface area contributed by atoms with Gasteiger partial charge in [0.1, 0.15) is 12.2 Å². The number of hydrogen-bond acceptors (Lipinski definition) is 5. The molecule has 0 saturated heterocycles. The first-order valence-corrected chi connectivity index (χ1v) is 14.5. The molecule has 0 spiro atoms. The molecule has 0 aliphatic rings. The second-order valence-electron chi connectivity index (χ2n) is 9.77. The van der Waals surface area contributed by atoms with Gasteiger partial charge >= 0.3 is 12.1 Å². The highest BCUT2D eigenvalue weighted by molar-refractivity contribution is 6.96. The van der Waals surface area contributed by atoms with Crippen molar-refractivity contribution in [3.05, 3.63) is 96.6 Å². The first-order valence-electron chi connectivity index (χ1n) is 12.1. The van der Waals surface area contributed by atoms with Crippen molar-refractivity contribution in [2.75, 3.05) is 6.61 Å². The highest BCUT2D eigenvalue weighted by Crippen LogP contribution is 2.12. The van der Waals surface area contributed by atoms with Gasteiger partial charge in [0, 0.05) is 0 Å². The number of amides is 1. The summed E-state index contributed by atoms with van der Waals surface area (Å²) in [6.07, 6.45) is -0.644. The third kappa shape index (κ3) is 8.36. The maximum Gasteiger partial charge on any atom is 0.407 e. The third-order valence-corrected chi connectivity index (χ3v) is 9.21. The minimum Gasteiger partial charge on any atom is -0.461 e. The average Bonchev–Trinajstić information content (AvgIpc) is 2.86. The summed E-state index contributed by atoms with van der Waals surface area (Å²) in [6, 6.07) is 29.0. The lowest BCUT2D eigenvalue weighted by atomic mass is 10.2. The van der Waals surface area contributed by atoms with Crippen LogP contribution in [0.25, 0.3) is 0 Å². The van der Waals surface area contributed by atoms with Crippen LogP contribution < -0.4 is 15.7 Å². The Balaban J connectivity index is 1.75. The monoisotopic (exact) mass is 505 g/mol. The van der Waals surface area contributed by atoms with E-state index in [1.165, 1.54) is 0 Å². The SMILES string of the molecule is CC(C)(C)OC(=O)N[C@H](CO[Si](C)(c1ccccc1)c1ccccc1)CC(=O)OCc1ccccc1. The number of carbonyl (C=O) groups is 2. The fraction of sp³-hybridized carbons (Fsp3) is 0.310. The Morgan fingerprint density at radius 1 is 0.833 bits per heavy atom. The number of benzene rings is 3. The van der Waals surface area contributed by atoms with Gasteiger partial charge in [-0.05, 0) is 43.3 Å². The molecule has 1 amide bonds. The van der Waals surface area contributed by atoms with Crippen molar-refractivity contribution in [2.45, 2.75) is 52.0 Å². The minimum atomic E-state index is -2.63. The van der Waals surface area contributed by atoms with Crippen molar-refractivity contribution in [1.29, 1.82) is 0 Å². The summed E-state index contributed by atoms with van der Waals surface area (Å²) < 4.78 is 17.5. The highest BCUT2D eigenvalue weighted by Gasteiger charge is 2.35. The van der Waals surface area contributed by atoms with Crippen molar-refractivity contribution < 1.29 is 23.5 Å². The number of alkyl carbamates (subject to hydrolysis) is 1. The Hall–Kier alpha value is -3.42. The van der Waals surface area contributed by atoms with Gasteiger partial charge < -0.3 is 19.2 Å². The molecule has 1 atom stereocenters. The zero-order valence-electron chi connectivity index (χ0n) is 21.4. The van der Waals surface area contributed by atoms with Crippen LogP contribution in [0.3, 0.4) is 0 Å².